The monoisotopic (exact) mass is 355 g/mol. The number of methoxy groups -OCH3 is 1. The molecule has 0 aliphatic heterocycles. The summed E-state index contributed by atoms with van der Waals surface area (Å²) in [6.45, 7) is 3.97. The molecule has 3 rings (SSSR count). The van der Waals surface area contributed by atoms with Crippen LogP contribution in [0.1, 0.15) is 27.7 Å². The Kier molecular flexibility index (Phi) is 4.97. The Bertz CT molecular complexity index is 910. The lowest BCUT2D eigenvalue weighted by Crippen LogP contribution is -2.12. The number of nitrogens with one attached hydrogen (secondary N) is 1. The second-order valence-corrected chi connectivity index (χ2v) is 5.85. The van der Waals surface area contributed by atoms with Crippen molar-refractivity contribution in [1.82, 2.24) is 9.78 Å². The van der Waals surface area contributed by atoms with E-state index in [1.165, 1.54) is 0 Å². The van der Waals surface area contributed by atoms with Crippen LogP contribution in [0.4, 0.5) is 5.69 Å². The summed E-state index contributed by atoms with van der Waals surface area (Å²) in [6, 6.07) is 10.6. The Hall–Kier alpha value is -3.22. The van der Waals surface area contributed by atoms with Crippen LogP contribution in [0.5, 0.6) is 11.5 Å². The summed E-state index contributed by atoms with van der Waals surface area (Å²) in [4.78, 5) is 12.4. The van der Waals surface area contributed by atoms with E-state index in [0.29, 0.717) is 17.2 Å². The van der Waals surface area contributed by atoms with Crippen LogP contribution >= 0.6 is 0 Å². The zero-order valence-electron chi connectivity index (χ0n) is 15.2. The summed E-state index contributed by atoms with van der Waals surface area (Å²) < 4.78 is 18.1. The molecule has 0 aliphatic carbocycles. The van der Waals surface area contributed by atoms with Crippen LogP contribution in [0.2, 0.25) is 0 Å². The van der Waals surface area contributed by atoms with Crippen molar-refractivity contribution in [1.29, 1.82) is 0 Å². The number of aromatic nitrogens is 2. The second kappa shape index (κ2) is 7.35. The summed E-state index contributed by atoms with van der Waals surface area (Å²) in [5, 5.41) is 7.12. The number of hydrogen-bond acceptors (Lipinski definition) is 5. The minimum absolute atomic E-state index is 0.223. The molecule has 0 unspecified atom stereocenters. The molecule has 3 aromatic rings. The van der Waals surface area contributed by atoms with E-state index < -0.39 is 0 Å². The van der Waals surface area contributed by atoms with Crippen LogP contribution in [-0.2, 0) is 13.7 Å². The molecular weight excluding hydrogens is 334 g/mol. The number of ether oxygens (including phenoxy) is 2. The maximum Gasteiger partial charge on any atom is 0.291 e. The van der Waals surface area contributed by atoms with Gasteiger partial charge in [0.05, 0.1) is 24.2 Å². The van der Waals surface area contributed by atoms with Crippen molar-refractivity contribution in [2.45, 2.75) is 20.5 Å². The smallest absolute Gasteiger partial charge is 0.291 e. The van der Waals surface area contributed by atoms with E-state index in [1.54, 1.807) is 23.9 Å². The van der Waals surface area contributed by atoms with Gasteiger partial charge in [-0.1, -0.05) is 0 Å². The van der Waals surface area contributed by atoms with E-state index in [0.717, 1.165) is 17.1 Å². The summed E-state index contributed by atoms with van der Waals surface area (Å²) in [7, 11) is 3.44. The fourth-order valence-corrected chi connectivity index (χ4v) is 2.53. The maximum atomic E-state index is 12.4. The van der Waals surface area contributed by atoms with Gasteiger partial charge in [-0.25, -0.2) is 0 Å². The number of rotatable bonds is 6. The van der Waals surface area contributed by atoms with E-state index in [-0.39, 0.29) is 18.3 Å². The lowest BCUT2D eigenvalue weighted by atomic mass is 10.3. The van der Waals surface area contributed by atoms with Crippen LogP contribution in [0.15, 0.2) is 40.8 Å². The van der Waals surface area contributed by atoms with Crippen LogP contribution in [0.25, 0.3) is 0 Å². The number of carbonyl (C=O) groups excluding carboxylic acids is 1. The SMILES string of the molecule is COc1ccc(OCc2ccc(C(=O)Nc3c(C)nn(C)c3C)o2)cc1. The summed E-state index contributed by atoms with van der Waals surface area (Å²) >= 11 is 0. The minimum Gasteiger partial charge on any atom is -0.497 e. The number of benzene rings is 1. The highest BCUT2D eigenvalue weighted by Gasteiger charge is 2.16. The second-order valence-electron chi connectivity index (χ2n) is 5.85. The first kappa shape index (κ1) is 17.6. The highest BCUT2D eigenvalue weighted by Crippen LogP contribution is 2.21. The van der Waals surface area contributed by atoms with Crippen molar-refractivity contribution in [3.63, 3.8) is 0 Å². The zero-order valence-corrected chi connectivity index (χ0v) is 15.2. The van der Waals surface area contributed by atoms with Crippen molar-refractivity contribution in [3.05, 3.63) is 59.3 Å². The first-order chi connectivity index (χ1) is 12.5. The molecule has 0 atom stereocenters. The van der Waals surface area contributed by atoms with E-state index in [9.17, 15) is 4.79 Å². The number of aryl methyl sites for hydroxylation is 2. The fraction of sp³-hybridized carbons (Fsp3) is 0.263. The van der Waals surface area contributed by atoms with E-state index in [2.05, 4.69) is 10.4 Å². The number of nitrogens with zero attached hydrogens (tertiary/aromatic N) is 2. The van der Waals surface area contributed by atoms with Gasteiger partial charge in [0.1, 0.15) is 23.9 Å². The largest absolute Gasteiger partial charge is 0.497 e. The van der Waals surface area contributed by atoms with Crippen molar-refractivity contribution < 1.29 is 18.7 Å². The molecule has 2 heterocycles. The Morgan fingerprint density at radius 3 is 2.46 bits per heavy atom. The molecular formula is C19H21N3O4. The number of carbonyl (C=O) groups is 1. The predicted molar refractivity (Wildman–Crippen MR) is 96.7 cm³/mol. The van der Waals surface area contributed by atoms with Gasteiger partial charge in [-0.2, -0.15) is 5.10 Å². The lowest BCUT2D eigenvalue weighted by Gasteiger charge is -2.05. The number of hydrogen-bond donors (Lipinski definition) is 1. The number of amides is 1. The van der Waals surface area contributed by atoms with Crippen LogP contribution < -0.4 is 14.8 Å². The topological polar surface area (TPSA) is 78.5 Å². The molecule has 7 heteroatoms. The summed E-state index contributed by atoms with van der Waals surface area (Å²) in [6.07, 6.45) is 0. The van der Waals surface area contributed by atoms with Gasteiger partial charge in [0.2, 0.25) is 0 Å². The third-order valence-corrected chi connectivity index (χ3v) is 4.07. The quantitative estimate of drug-likeness (QED) is 0.732. The van der Waals surface area contributed by atoms with Gasteiger partial charge in [-0.05, 0) is 50.2 Å². The van der Waals surface area contributed by atoms with Gasteiger partial charge in [-0.3, -0.25) is 9.48 Å². The van der Waals surface area contributed by atoms with Crippen molar-refractivity contribution in [2.75, 3.05) is 12.4 Å². The first-order valence-corrected chi connectivity index (χ1v) is 8.15. The van der Waals surface area contributed by atoms with Gasteiger partial charge < -0.3 is 19.2 Å². The van der Waals surface area contributed by atoms with Gasteiger partial charge in [0, 0.05) is 7.05 Å². The average Bonchev–Trinajstić information content (AvgIpc) is 3.21. The molecule has 136 valence electrons. The van der Waals surface area contributed by atoms with E-state index in [4.69, 9.17) is 13.9 Å². The normalized spacial score (nSPS) is 10.6. The van der Waals surface area contributed by atoms with Crippen LogP contribution in [0, 0.1) is 13.8 Å². The molecule has 0 saturated carbocycles. The number of furan rings is 1. The van der Waals surface area contributed by atoms with Gasteiger partial charge in [0.25, 0.3) is 5.91 Å². The first-order valence-electron chi connectivity index (χ1n) is 8.15. The number of anilines is 1. The van der Waals surface area contributed by atoms with Gasteiger partial charge in [-0.15, -0.1) is 0 Å². The average molecular weight is 355 g/mol. The standard InChI is InChI=1S/C19H21N3O4/c1-12-18(13(2)22(3)21-12)20-19(23)17-10-9-16(26-17)11-25-15-7-5-14(24-4)6-8-15/h5-10H,11H2,1-4H3,(H,20,23). The molecule has 26 heavy (non-hydrogen) atoms. The predicted octanol–water partition coefficient (Wildman–Crippen LogP) is 3.47. The van der Waals surface area contributed by atoms with Crippen LogP contribution in [-0.4, -0.2) is 22.8 Å². The minimum atomic E-state index is -0.320. The van der Waals surface area contributed by atoms with Crippen molar-refractivity contribution in [3.8, 4) is 11.5 Å². The van der Waals surface area contributed by atoms with E-state index >= 15 is 0 Å². The Labute approximate surface area is 151 Å². The molecule has 0 aliphatic rings. The molecule has 2 aromatic heterocycles. The molecule has 0 radical (unpaired) electrons. The molecule has 1 aromatic carbocycles. The Morgan fingerprint density at radius 2 is 1.85 bits per heavy atom. The molecule has 0 fully saturated rings. The van der Waals surface area contributed by atoms with Crippen LogP contribution in [0.3, 0.4) is 0 Å². The molecule has 1 N–H and O–H groups in total. The lowest BCUT2D eigenvalue weighted by molar-refractivity contribution is 0.0992. The summed E-state index contributed by atoms with van der Waals surface area (Å²) in [5.41, 5.74) is 2.34. The van der Waals surface area contributed by atoms with Gasteiger partial charge >= 0.3 is 0 Å². The third kappa shape index (κ3) is 3.72. The maximum absolute atomic E-state index is 12.4. The Balaban J connectivity index is 1.62. The van der Waals surface area contributed by atoms with Crippen molar-refractivity contribution >= 4 is 11.6 Å². The Morgan fingerprint density at radius 1 is 1.15 bits per heavy atom. The molecule has 0 saturated heterocycles. The van der Waals surface area contributed by atoms with Gasteiger partial charge in [0.15, 0.2) is 5.76 Å². The third-order valence-electron chi connectivity index (χ3n) is 4.07. The van der Waals surface area contributed by atoms with E-state index in [1.807, 2.05) is 45.2 Å². The highest BCUT2D eigenvalue weighted by molar-refractivity contribution is 6.02. The molecule has 7 nitrogen and oxygen atoms in total. The molecule has 0 bridgehead atoms. The fourth-order valence-electron chi connectivity index (χ4n) is 2.53. The highest BCUT2D eigenvalue weighted by atomic mass is 16.5. The summed E-state index contributed by atoms with van der Waals surface area (Å²) in [5.74, 6) is 1.91. The zero-order chi connectivity index (χ0) is 18.7. The molecule has 0 spiro atoms. The van der Waals surface area contributed by atoms with Crippen molar-refractivity contribution in [2.24, 2.45) is 7.05 Å². The molecule has 1 amide bonds.